The number of rotatable bonds is 5. The van der Waals surface area contributed by atoms with Crippen molar-refractivity contribution < 1.29 is 9.47 Å². The summed E-state index contributed by atoms with van der Waals surface area (Å²) in [5.74, 6) is 0.431. The van der Waals surface area contributed by atoms with E-state index in [0.29, 0.717) is 5.92 Å². The van der Waals surface area contributed by atoms with E-state index in [9.17, 15) is 0 Å². The second kappa shape index (κ2) is 4.76. The number of hydrogen-bond acceptors (Lipinski definition) is 2. The first kappa shape index (κ1) is 11.5. The largest absolute Gasteiger partial charge is 0.384 e. The molecule has 1 saturated carbocycles. The average molecular weight is 196 g/mol. The van der Waals surface area contributed by atoms with E-state index in [1.807, 2.05) is 6.08 Å². The highest BCUT2D eigenvalue weighted by Gasteiger charge is 2.40. The Hall–Kier alpha value is -0.600. The highest BCUT2D eigenvalue weighted by molar-refractivity contribution is 5.18. The molecule has 1 aliphatic carbocycles. The molecule has 0 amide bonds. The van der Waals surface area contributed by atoms with Gasteiger partial charge >= 0.3 is 0 Å². The molecule has 0 aromatic carbocycles. The zero-order valence-corrected chi connectivity index (χ0v) is 9.21. The first-order valence-corrected chi connectivity index (χ1v) is 4.95. The summed E-state index contributed by atoms with van der Waals surface area (Å²) >= 11 is 0. The van der Waals surface area contributed by atoms with E-state index in [1.165, 1.54) is 5.57 Å². The van der Waals surface area contributed by atoms with E-state index in [4.69, 9.17) is 9.47 Å². The van der Waals surface area contributed by atoms with Crippen LogP contribution in [0.5, 0.6) is 0 Å². The average Bonchev–Trinajstić information content (AvgIpc) is 2.44. The molecule has 1 aliphatic rings. The van der Waals surface area contributed by atoms with Gasteiger partial charge in [0, 0.05) is 19.6 Å². The Morgan fingerprint density at radius 1 is 1.43 bits per heavy atom. The first-order valence-electron chi connectivity index (χ1n) is 4.95. The third-order valence-corrected chi connectivity index (χ3v) is 2.96. The molecule has 2 heteroatoms. The van der Waals surface area contributed by atoms with Crippen LogP contribution in [0.3, 0.4) is 0 Å². The molecule has 1 rings (SSSR count). The maximum atomic E-state index is 5.27. The molecule has 14 heavy (non-hydrogen) atoms. The number of ether oxygens (including phenoxy) is 2. The SMILES string of the molecule is C=CC1CC(COC)(COC)CC1=C. The number of allylic oxidation sites excluding steroid dienone is 2. The van der Waals surface area contributed by atoms with Crippen molar-refractivity contribution >= 4 is 0 Å². The lowest BCUT2D eigenvalue weighted by Crippen LogP contribution is -2.28. The smallest absolute Gasteiger partial charge is 0.0544 e. The predicted octanol–water partition coefficient (Wildman–Crippen LogP) is 2.42. The van der Waals surface area contributed by atoms with Gasteiger partial charge in [-0.05, 0) is 18.8 Å². The van der Waals surface area contributed by atoms with Gasteiger partial charge in [0.15, 0.2) is 0 Å². The second-order valence-electron chi connectivity index (χ2n) is 4.25. The molecule has 0 bridgehead atoms. The van der Waals surface area contributed by atoms with Gasteiger partial charge in [0.05, 0.1) is 13.2 Å². The van der Waals surface area contributed by atoms with Crippen LogP contribution in [-0.2, 0) is 9.47 Å². The molecular formula is C12H20O2. The topological polar surface area (TPSA) is 18.5 Å². The van der Waals surface area contributed by atoms with Gasteiger partial charge in [0.25, 0.3) is 0 Å². The normalized spacial score (nSPS) is 25.3. The Labute approximate surface area is 86.6 Å². The summed E-state index contributed by atoms with van der Waals surface area (Å²) < 4.78 is 10.5. The summed E-state index contributed by atoms with van der Waals surface area (Å²) in [6, 6.07) is 0. The Kier molecular flexibility index (Phi) is 3.90. The number of hydrogen-bond donors (Lipinski definition) is 0. The number of methoxy groups -OCH3 is 2. The Morgan fingerprint density at radius 3 is 2.36 bits per heavy atom. The molecule has 0 aromatic rings. The molecule has 80 valence electrons. The monoisotopic (exact) mass is 196 g/mol. The van der Waals surface area contributed by atoms with Gasteiger partial charge in [-0.3, -0.25) is 0 Å². The van der Waals surface area contributed by atoms with Crippen LogP contribution in [0.1, 0.15) is 12.8 Å². The van der Waals surface area contributed by atoms with Crippen LogP contribution in [0, 0.1) is 11.3 Å². The first-order chi connectivity index (χ1) is 6.67. The zero-order chi connectivity index (χ0) is 10.6. The van der Waals surface area contributed by atoms with E-state index in [2.05, 4.69) is 13.2 Å². The fraction of sp³-hybridized carbons (Fsp3) is 0.667. The van der Waals surface area contributed by atoms with Crippen LogP contribution >= 0.6 is 0 Å². The minimum Gasteiger partial charge on any atom is -0.384 e. The summed E-state index contributed by atoms with van der Waals surface area (Å²) in [6.45, 7) is 9.40. The van der Waals surface area contributed by atoms with Gasteiger partial charge in [-0.15, -0.1) is 6.58 Å². The predicted molar refractivity (Wildman–Crippen MR) is 58.2 cm³/mol. The Bertz CT molecular complexity index is 214. The summed E-state index contributed by atoms with van der Waals surface area (Å²) in [6.07, 6.45) is 4.03. The van der Waals surface area contributed by atoms with Crippen LogP contribution in [0.25, 0.3) is 0 Å². The quantitative estimate of drug-likeness (QED) is 0.629. The molecule has 0 N–H and O–H groups in total. The van der Waals surface area contributed by atoms with Gasteiger partial charge in [-0.1, -0.05) is 18.2 Å². The van der Waals surface area contributed by atoms with Crippen molar-refractivity contribution in [2.24, 2.45) is 11.3 Å². The lowest BCUT2D eigenvalue weighted by Gasteiger charge is -2.26. The van der Waals surface area contributed by atoms with E-state index >= 15 is 0 Å². The third-order valence-electron chi connectivity index (χ3n) is 2.96. The van der Waals surface area contributed by atoms with Crippen LogP contribution in [0.4, 0.5) is 0 Å². The van der Waals surface area contributed by atoms with Crippen LogP contribution in [0.15, 0.2) is 24.8 Å². The van der Waals surface area contributed by atoms with Crippen molar-refractivity contribution in [3.8, 4) is 0 Å². The molecular weight excluding hydrogens is 176 g/mol. The molecule has 1 unspecified atom stereocenters. The van der Waals surface area contributed by atoms with Crippen molar-refractivity contribution in [1.29, 1.82) is 0 Å². The molecule has 1 atom stereocenters. The Balaban J connectivity index is 2.71. The third kappa shape index (κ3) is 2.25. The molecule has 0 aliphatic heterocycles. The standard InChI is InChI=1S/C12H20O2/c1-5-11-7-12(8-13-3,9-14-4)6-10(11)2/h5,11H,1-2,6-9H2,3-4H3. The van der Waals surface area contributed by atoms with Crippen molar-refractivity contribution in [3.63, 3.8) is 0 Å². The van der Waals surface area contributed by atoms with E-state index in [1.54, 1.807) is 14.2 Å². The molecule has 1 fully saturated rings. The van der Waals surface area contributed by atoms with Gasteiger partial charge in [-0.25, -0.2) is 0 Å². The van der Waals surface area contributed by atoms with Crippen molar-refractivity contribution in [2.75, 3.05) is 27.4 Å². The fourth-order valence-corrected chi connectivity index (χ4v) is 2.42. The minimum absolute atomic E-state index is 0.124. The summed E-state index contributed by atoms with van der Waals surface area (Å²) in [5.41, 5.74) is 1.38. The maximum absolute atomic E-state index is 5.27. The second-order valence-corrected chi connectivity index (χ2v) is 4.25. The van der Waals surface area contributed by atoms with Crippen molar-refractivity contribution in [1.82, 2.24) is 0 Å². The van der Waals surface area contributed by atoms with Gasteiger partial charge in [-0.2, -0.15) is 0 Å². The minimum atomic E-state index is 0.124. The van der Waals surface area contributed by atoms with E-state index in [0.717, 1.165) is 26.1 Å². The summed E-state index contributed by atoms with van der Waals surface area (Å²) in [7, 11) is 3.48. The van der Waals surface area contributed by atoms with E-state index < -0.39 is 0 Å². The van der Waals surface area contributed by atoms with Crippen LogP contribution in [0.2, 0.25) is 0 Å². The van der Waals surface area contributed by atoms with Crippen molar-refractivity contribution in [3.05, 3.63) is 24.8 Å². The lowest BCUT2D eigenvalue weighted by molar-refractivity contribution is 0.0144. The van der Waals surface area contributed by atoms with Gasteiger partial charge in [0.1, 0.15) is 0 Å². The lowest BCUT2D eigenvalue weighted by atomic mass is 9.87. The molecule has 0 heterocycles. The fourth-order valence-electron chi connectivity index (χ4n) is 2.42. The highest BCUT2D eigenvalue weighted by atomic mass is 16.5. The highest BCUT2D eigenvalue weighted by Crippen LogP contribution is 2.45. The zero-order valence-electron chi connectivity index (χ0n) is 9.21. The summed E-state index contributed by atoms with van der Waals surface area (Å²) in [4.78, 5) is 0. The molecule has 0 aromatic heterocycles. The summed E-state index contributed by atoms with van der Waals surface area (Å²) in [5, 5.41) is 0. The molecule has 0 radical (unpaired) electrons. The van der Waals surface area contributed by atoms with Crippen LogP contribution in [-0.4, -0.2) is 27.4 Å². The van der Waals surface area contributed by atoms with Crippen molar-refractivity contribution in [2.45, 2.75) is 12.8 Å². The molecule has 2 nitrogen and oxygen atoms in total. The van der Waals surface area contributed by atoms with Gasteiger partial charge in [0.2, 0.25) is 0 Å². The van der Waals surface area contributed by atoms with E-state index in [-0.39, 0.29) is 5.41 Å². The Morgan fingerprint density at radius 2 is 2.00 bits per heavy atom. The van der Waals surface area contributed by atoms with Gasteiger partial charge < -0.3 is 9.47 Å². The van der Waals surface area contributed by atoms with Crippen LogP contribution < -0.4 is 0 Å². The maximum Gasteiger partial charge on any atom is 0.0544 e. The molecule has 0 saturated heterocycles. The molecule has 0 spiro atoms.